The van der Waals surface area contributed by atoms with Gasteiger partial charge in [0.15, 0.2) is 0 Å². The van der Waals surface area contributed by atoms with E-state index in [0.717, 1.165) is 25.7 Å². The predicted octanol–water partition coefficient (Wildman–Crippen LogP) is 3.80. The fraction of sp³-hybridized carbons (Fsp3) is 0.316. The zero-order chi connectivity index (χ0) is 14.5. The fourth-order valence-corrected chi connectivity index (χ4v) is 3.19. The lowest BCUT2D eigenvalue weighted by Gasteiger charge is -2.35. The van der Waals surface area contributed by atoms with Crippen molar-refractivity contribution in [1.82, 2.24) is 0 Å². The molecule has 0 aromatic heterocycles. The molecule has 3 rings (SSSR count). The highest BCUT2D eigenvalue weighted by Gasteiger charge is 2.42. The van der Waals surface area contributed by atoms with Crippen LogP contribution < -0.4 is 0 Å². The van der Waals surface area contributed by atoms with E-state index in [1.54, 1.807) is 0 Å². The van der Waals surface area contributed by atoms with Crippen LogP contribution in [0, 0.1) is 5.41 Å². The molecule has 1 aliphatic heterocycles. The van der Waals surface area contributed by atoms with Gasteiger partial charge in [0.05, 0.1) is 12.0 Å². The summed E-state index contributed by atoms with van der Waals surface area (Å²) in [6, 6.07) is 20.5. The van der Waals surface area contributed by atoms with Gasteiger partial charge in [-0.25, -0.2) is 0 Å². The van der Waals surface area contributed by atoms with Crippen LogP contribution in [0.3, 0.4) is 0 Å². The molecule has 0 N–H and O–H groups in total. The molecule has 1 fully saturated rings. The van der Waals surface area contributed by atoms with Gasteiger partial charge in [0.25, 0.3) is 0 Å². The summed E-state index contributed by atoms with van der Waals surface area (Å²) in [5.41, 5.74) is 1.99. The van der Waals surface area contributed by atoms with E-state index in [0.29, 0.717) is 6.61 Å². The maximum Gasteiger partial charge on any atom is 0.312 e. The number of rotatable bonds is 4. The number of hydrogen-bond donors (Lipinski definition) is 0. The summed E-state index contributed by atoms with van der Waals surface area (Å²) >= 11 is 0. The largest absolute Gasteiger partial charge is 0.465 e. The minimum atomic E-state index is -0.416. The molecule has 1 saturated heterocycles. The van der Waals surface area contributed by atoms with E-state index < -0.39 is 5.41 Å². The first-order valence-electron chi connectivity index (χ1n) is 7.54. The van der Waals surface area contributed by atoms with E-state index in [1.165, 1.54) is 11.1 Å². The van der Waals surface area contributed by atoms with Crippen LogP contribution in [-0.2, 0) is 22.4 Å². The Morgan fingerprint density at radius 1 is 0.857 bits per heavy atom. The van der Waals surface area contributed by atoms with Gasteiger partial charge < -0.3 is 4.74 Å². The van der Waals surface area contributed by atoms with E-state index >= 15 is 0 Å². The van der Waals surface area contributed by atoms with Gasteiger partial charge in [-0.2, -0.15) is 0 Å². The summed E-state index contributed by atoms with van der Waals surface area (Å²) in [5.74, 6) is -0.0403. The lowest BCUT2D eigenvalue weighted by atomic mass is 9.72. The van der Waals surface area contributed by atoms with Crippen molar-refractivity contribution in [3.63, 3.8) is 0 Å². The second-order valence-corrected chi connectivity index (χ2v) is 5.84. The van der Waals surface area contributed by atoms with Crippen molar-refractivity contribution in [2.75, 3.05) is 6.61 Å². The van der Waals surface area contributed by atoms with Crippen molar-refractivity contribution < 1.29 is 9.53 Å². The van der Waals surface area contributed by atoms with Crippen LogP contribution in [0.4, 0.5) is 0 Å². The predicted molar refractivity (Wildman–Crippen MR) is 82.9 cm³/mol. The van der Waals surface area contributed by atoms with Crippen LogP contribution in [0.15, 0.2) is 60.7 Å². The molecule has 2 heteroatoms. The third kappa shape index (κ3) is 3.15. The molecule has 2 aromatic rings. The Balaban J connectivity index is 1.89. The molecule has 0 atom stereocenters. The Labute approximate surface area is 125 Å². The molecule has 0 aliphatic carbocycles. The number of carbonyl (C=O) groups excluding carboxylic acids is 1. The van der Waals surface area contributed by atoms with Crippen LogP contribution >= 0.6 is 0 Å². The van der Waals surface area contributed by atoms with Gasteiger partial charge in [-0.15, -0.1) is 0 Å². The first-order chi connectivity index (χ1) is 10.3. The first kappa shape index (κ1) is 13.9. The summed E-state index contributed by atoms with van der Waals surface area (Å²) in [7, 11) is 0. The smallest absolute Gasteiger partial charge is 0.312 e. The highest BCUT2D eigenvalue weighted by atomic mass is 16.5. The Morgan fingerprint density at radius 3 is 1.86 bits per heavy atom. The monoisotopic (exact) mass is 280 g/mol. The number of hydrogen-bond acceptors (Lipinski definition) is 2. The van der Waals surface area contributed by atoms with Gasteiger partial charge in [-0.3, -0.25) is 4.79 Å². The zero-order valence-electron chi connectivity index (χ0n) is 12.1. The number of cyclic esters (lactones) is 1. The molecular weight excluding hydrogens is 260 g/mol. The Hall–Kier alpha value is -2.09. The quantitative estimate of drug-likeness (QED) is 0.796. The van der Waals surface area contributed by atoms with E-state index in [1.807, 2.05) is 36.4 Å². The van der Waals surface area contributed by atoms with Gasteiger partial charge in [0.2, 0.25) is 0 Å². The van der Waals surface area contributed by atoms with Gasteiger partial charge in [-0.1, -0.05) is 60.7 Å². The van der Waals surface area contributed by atoms with Gasteiger partial charge in [-0.05, 0) is 36.8 Å². The zero-order valence-corrected chi connectivity index (χ0v) is 12.1. The average molecular weight is 280 g/mol. The van der Waals surface area contributed by atoms with E-state index in [-0.39, 0.29) is 5.97 Å². The molecule has 108 valence electrons. The lowest BCUT2D eigenvalue weighted by Crippen LogP contribution is -2.41. The van der Waals surface area contributed by atoms with Crippen LogP contribution in [0.1, 0.15) is 24.0 Å². The second kappa shape index (κ2) is 6.13. The second-order valence-electron chi connectivity index (χ2n) is 5.84. The molecule has 2 aromatic carbocycles. The molecular formula is C19H20O2. The van der Waals surface area contributed by atoms with Gasteiger partial charge in [0.1, 0.15) is 0 Å². The van der Waals surface area contributed by atoms with E-state index in [9.17, 15) is 4.79 Å². The molecule has 0 radical (unpaired) electrons. The molecule has 0 spiro atoms. The van der Waals surface area contributed by atoms with Crippen LogP contribution in [0.5, 0.6) is 0 Å². The Kier molecular flexibility index (Phi) is 4.05. The van der Waals surface area contributed by atoms with Gasteiger partial charge >= 0.3 is 5.97 Å². The molecule has 21 heavy (non-hydrogen) atoms. The number of carbonyl (C=O) groups is 1. The number of benzene rings is 2. The first-order valence-corrected chi connectivity index (χ1v) is 7.54. The van der Waals surface area contributed by atoms with Crippen molar-refractivity contribution >= 4 is 5.97 Å². The maximum atomic E-state index is 12.5. The fourth-order valence-electron chi connectivity index (χ4n) is 3.19. The summed E-state index contributed by atoms with van der Waals surface area (Å²) in [6.07, 6.45) is 3.35. The molecule has 0 unspecified atom stereocenters. The van der Waals surface area contributed by atoms with Crippen LogP contribution in [0.2, 0.25) is 0 Å². The summed E-state index contributed by atoms with van der Waals surface area (Å²) < 4.78 is 5.40. The third-order valence-corrected chi connectivity index (χ3v) is 4.24. The number of esters is 1. The highest BCUT2D eigenvalue weighted by molar-refractivity contribution is 5.78. The molecule has 2 nitrogen and oxygen atoms in total. The lowest BCUT2D eigenvalue weighted by molar-refractivity contribution is -0.162. The molecule has 0 amide bonds. The Bertz CT molecular complexity index is 548. The molecule has 0 bridgehead atoms. The maximum absolute atomic E-state index is 12.5. The topological polar surface area (TPSA) is 26.3 Å². The van der Waals surface area contributed by atoms with Gasteiger partial charge in [0, 0.05) is 0 Å². The standard InChI is InChI=1S/C19H20O2/c20-18-19(12-7-13-21-18,14-16-8-3-1-4-9-16)15-17-10-5-2-6-11-17/h1-6,8-11H,7,12-15H2. The van der Waals surface area contributed by atoms with E-state index in [2.05, 4.69) is 24.3 Å². The van der Waals surface area contributed by atoms with Crippen molar-refractivity contribution in [3.8, 4) is 0 Å². The van der Waals surface area contributed by atoms with E-state index in [4.69, 9.17) is 4.74 Å². The molecule has 1 aliphatic rings. The minimum absolute atomic E-state index is 0.0403. The Morgan fingerprint density at radius 2 is 1.38 bits per heavy atom. The van der Waals surface area contributed by atoms with Crippen LogP contribution in [0.25, 0.3) is 0 Å². The van der Waals surface area contributed by atoms with Crippen molar-refractivity contribution in [2.24, 2.45) is 5.41 Å². The third-order valence-electron chi connectivity index (χ3n) is 4.24. The SMILES string of the molecule is O=C1OCCCC1(Cc1ccccc1)Cc1ccccc1. The van der Waals surface area contributed by atoms with Crippen molar-refractivity contribution in [3.05, 3.63) is 71.8 Å². The summed E-state index contributed by atoms with van der Waals surface area (Å²) in [4.78, 5) is 12.5. The molecule has 0 saturated carbocycles. The number of ether oxygens (including phenoxy) is 1. The minimum Gasteiger partial charge on any atom is -0.465 e. The summed E-state index contributed by atoms with van der Waals surface area (Å²) in [6.45, 7) is 0.560. The van der Waals surface area contributed by atoms with Crippen molar-refractivity contribution in [1.29, 1.82) is 0 Å². The molecule has 1 heterocycles. The van der Waals surface area contributed by atoms with Crippen molar-refractivity contribution in [2.45, 2.75) is 25.7 Å². The highest BCUT2D eigenvalue weighted by Crippen LogP contribution is 2.37. The summed E-state index contributed by atoms with van der Waals surface area (Å²) in [5, 5.41) is 0. The van der Waals surface area contributed by atoms with Crippen LogP contribution in [-0.4, -0.2) is 12.6 Å². The average Bonchev–Trinajstić information content (AvgIpc) is 2.52. The normalized spacial score (nSPS) is 17.2.